The normalized spacial score (nSPS) is 12.5. The highest BCUT2D eigenvalue weighted by molar-refractivity contribution is 5.95. The Bertz CT molecular complexity index is 1030. The predicted molar refractivity (Wildman–Crippen MR) is 124 cm³/mol. The Morgan fingerprint density at radius 1 is 1.13 bits per heavy atom. The SMILES string of the molecule is CCOc1cc(C(=O)N(C)[C@H](CCN(C)C)c2cncc3cn[nH]c23)ccc1C(C)C. The van der Waals surface area contributed by atoms with E-state index in [1.165, 1.54) is 0 Å². The Hall–Kier alpha value is -2.93. The number of nitrogens with one attached hydrogen (secondary N) is 1. The van der Waals surface area contributed by atoms with Gasteiger partial charge < -0.3 is 14.5 Å². The maximum atomic E-state index is 13.5. The molecule has 0 aliphatic rings. The molecule has 1 N–H and O–H groups in total. The lowest BCUT2D eigenvalue weighted by molar-refractivity contribution is 0.0716. The number of benzene rings is 1. The fraction of sp³-hybridized carbons (Fsp3) is 0.458. The van der Waals surface area contributed by atoms with Crippen molar-refractivity contribution in [3.05, 3.63) is 53.5 Å². The molecule has 1 amide bonds. The van der Waals surface area contributed by atoms with Gasteiger partial charge in [-0.2, -0.15) is 5.10 Å². The van der Waals surface area contributed by atoms with E-state index in [1.54, 1.807) is 17.3 Å². The molecule has 3 rings (SSSR count). The number of amides is 1. The number of carbonyl (C=O) groups excluding carboxylic acids is 1. The number of hydrogen-bond donors (Lipinski definition) is 1. The van der Waals surface area contributed by atoms with Crippen molar-refractivity contribution in [2.45, 2.75) is 39.2 Å². The van der Waals surface area contributed by atoms with Crippen molar-refractivity contribution < 1.29 is 9.53 Å². The average Bonchev–Trinajstić information content (AvgIpc) is 3.22. The molecule has 2 aromatic heterocycles. The number of carbonyl (C=O) groups is 1. The van der Waals surface area contributed by atoms with Gasteiger partial charge in [0, 0.05) is 36.0 Å². The summed E-state index contributed by atoms with van der Waals surface area (Å²) in [6.45, 7) is 7.61. The predicted octanol–water partition coefficient (Wildman–Crippen LogP) is 4.25. The van der Waals surface area contributed by atoms with E-state index in [0.717, 1.165) is 40.7 Å². The zero-order chi connectivity index (χ0) is 22.5. The van der Waals surface area contributed by atoms with Crippen molar-refractivity contribution in [3.8, 4) is 5.75 Å². The maximum Gasteiger partial charge on any atom is 0.254 e. The minimum Gasteiger partial charge on any atom is -0.494 e. The zero-order valence-corrected chi connectivity index (χ0v) is 19.3. The molecule has 0 aliphatic carbocycles. The molecule has 0 bridgehead atoms. The molecule has 1 aromatic carbocycles. The second kappa shape index (κ2) is 9.92. The van der Waals surface area contributed by atoms with Crippen molar-refractivity contribution in [1.29, 1.82) is 0 Å². The van der Waals surface area contributed by atoms with Gasteiger partial charge in [-0.1, -0.05) is 19.9 Å². The van der Waals surface area contributed by atoms with E-state index in [-0.39, 0.29) is 11.9 Å². The maximum absolute atomic E-state index is 13.5. The van der Waals surface area contributed by atoms with Crippen LogP contribution in [0.2, 0.25) is 0 Å². The Kier molecular flexibility index (Phi) is 7.28. The topological polar surface area (TPSA) is 74.3 Å². The molecule has 31 heavy (non-hydrogen) atoms. The van der Waals surface area contributed by atoms with Crippen LogP contribution in [0.4, 0.5) is 0 Å². The van der Waals surface area contributed by atoms with Gasteiger partial charge >= 0.3 is 0 Å². The molecule has 0 aliphatic heterocycles. The van der Waals surface area contributed by atoms with E-state index < -0.39 is 0 Å². The first kappa shape index (κ1) is 22.7. The first-order chi connectivity index (χ1) is 14.8. The van der Waals surface area contributed by atoms with E-state index in [4.69, 9.17) is 4.74 Å². The Balaban J connectivity index is 1.97. The van der Waals surface area contributed by atoms with Crippen molar-refractivity contribution >= 4 is 16.8 Å². The van der Waals surface area contributed by atoms with Gasteiger partial charge in [0.05, 0.1) is 24.4 Å². The lowest BCUT2D eigenvalue weighted by atomic mass is 9.98. The first-order valence-electron chi connectivity index (χ1n) is 10.8. The van der Waals surface area contributed by atoms with Crippen LogP contribution in [-0.4, -0.2) is 65.2 Å². The summed E-state index contributed by atoms with van der Waals surface area (Å²) in [5.74, 6) is 1.05. The van der Waals surface area contributed by atoms with Crippen LogP contribution in [0.25, 0.3) is 10.9 Å². The second-order valence-corrected chi connectivity index (χ2v) is 8.43. The molecule has 0 unspecified atom stereocenters. The number of aromatic nitrogens is 3. The second-order valence-electron chi connectivity index (χ2n) is 8.43. The lowest BCUT2D eigenvalue weighted by Gasteiger charge is -2.30. The standard InChI is InChI=1S/C24H33N5O2/c1-7-31-22-12-17(8-9-19(22)16(2)3)24(30)29(6)21(10-11-28(4)5)20-15-25-13-18-14-26-27-23(18)20/h8-9,12-16,21H,7,10-11H2,1-6H3,(H,26,27)/t21-/m1/s1. The summed E-state index contributed by atoms with van der Waals surface area (Å²) in [6, 6.07) is 5.62. The molecule has 0 radical (unpaired) electrons. The number of fused-ring (bicyclic) bond motifs is 1. The van der Waals surface area contributed by atoms with Gasteiger partial charge in [0.25, 0.3) is 5.91 Å². The first-order valence-corrected chi connectivity index (χ1v) is 10.8. The third kappa shape index (κ3) is 5.05. The van der Waals surface area contributed by atoms with Crippen LogP contribution < -0.4 is 4.74 Å². The molecular formula is C24H33N5O2. The van der Waals surface area contributed by atoms with Gasteiger partial charge in [0.15, 0.2) is 0 Å². The number of H-pyrrole nitrogens is 1. The van der Waals surface area contributed by atoms with E-state index >= 15 is 0 Å². The van der Waals surface area contributed by atoms with Crippen LogP contribution in [0, 0.1) is 0 Å². The number of aromatic amines is 1. The molecule has 2 heterocycles. The van der Waals surface area contributed by atoms with Gasteiger partial charge in [-0.25, -0.2) is 0 Å². The molecule has 0 fully saturated rings. The summed E-state index contributed by atoms with van der Waals surface area (Å²) in [4.78, 5) is 21.8. The van der Waals surface area contributed by atoms with Crippen LogP contribution in [0.1, 0.15) is 60.6 Å². The van der Waals surface area contributed by atoms with Crippen LogP contribution in [-0.2, 0) is 0 Å². The average molecular weight is 424 g/mol. The minimum atomic E-state index is -0.146. The Morgan fingerprint density at radius 2 is 1.90 bits per heavy atom. The Labute approximate surface area is 184 Å². The van der Waals surface area contributed by atoms with Crippen molar-refractivity contribution in [2.75, 3.05) is 34.3 Å². The van der Waals surface area contributed by atoms with Crippen LogP contribution in [0.15, 0.2) is 36.8 Å². The molecule has 3 aromatic rings. The zero-order valence-electron chi connectivity index (χ0n) is 19.3. The largest absolute Gasteiger partial charge is 0.494 e. The molecule has 0 spiro atoms. The number of pyridine rings is 1. The fourth-order valence-electron chi connectivity index (χ4n) is 3.85. The number of ether oxygens (including phenoxy) is 1. The highest BCUT2D eigenvalue weighted by Crippen LogP contribution is 2.32. The smallest absolute Gasteiger partial charge is 0.254 e. The van der Waals surface area contributed by atoms with Gasteiger partial charge in [-0.3, -0.25) is 14.9 Å². The van der Waals surface area contributed by atoms with E-state index in [2.05, 4.69) is 33.9 Å². The third-order valence-electron chi connectivity index (χ3n) is 5.56. The Morgan fingerprint density at radius 3 is 2.58 bits per heavy atom. The summed E-state index contributed by atoms with van der Waals surface area (Å²) < 4.78 is 5.84. The minimum absolute atomic E-state index is 0.0449. The summed E-state index contributed by atoms with van der Waals surface area (Å²) >= 11 is 0. The molecular weight excluding hydrogens is 390 g/mol. The van der Waals surface area contributed by atoms with E-state index in [0.29, 0.717) is 18.1 Å². The molecule has 0 saturated heterocycles. The summed E-state index contributed by atoms with van der Waals surface area (Å²) in [5.41, 5.74) is 3.62. The van der Waals surface area contributed by atoms with Crippen LogP contribution in [0.3, 0.4) is 0 Å². The number of rotatable bonds is 9. The van der Waals surface area contributed by atoms with E-state index in [1.807, 2.05) is 52.5 Å². The van der Waals surface area contributed by atoms with Crippen molar-refractivity contribution in [3.63, 3.8) is 0 Å². The van der Waals surface area contributed by atoms with Crippen LogP contribution >= 0.6 is 0 Å². The third-order valence-corrected chi connectivity index (χ3v) is 5.56. The summed E-state index contributed by atoms with van der Waals surface area (Å²) in [6.07, 6.45) is 6.15. The number of nitrogens with zero attached hydrogens (tertiary/aromatic N) is 4. The van der Waals surface area contributed by atoms with Crippen molar-refractivity contribution in [1.82, 2.24) is 25.0 Å². The summed E-state index contributed by atoms with van der Waals surface area (Å²) in [5, 5.41) is 8.18. The van der Waals surface area contributed by atoms with Crippen LogP contribution in [0.5, 0.6) is 5.75 Å². The fourth-order valence-corrected chi connectivity index (χ4v) is 3.85. The molecule has 166 valence electrons. The molecule has 7 heteroatoms. The van der Waals surface area contributed by atoms with Crippen molar-refractivity contribution in [2.24, 2.45) is 0 Å². The van der Waals surface area contributed by atoms with Gasteiger partial charge in [-0.05, 0) is 57.6 Å². The highest BCUT2D eigenvalue weighted by atomic mass is 16.5. The van der Waals surface area contributed by atoms with E-state index in [9.17, 15) is 4.79 Å². The van der Waals surface area contributed by atoms with Gasteiger partial charge in [-0.15, -0.1) is 0 Å². The summed E-state index contributed by atoms with van der Waals surface area (Å²) in [7, 11) is 5.93. The van der Waals surface area contributed by atoms with Gasteiger partial charge in [0.2, 0.25) is 0 Å². The van der Waals surface area contributed by atoms with Gasteiger partial charge in [0.1, 0.15) is 5.75 Å². The molecule has 0 saturated carbocycles. The lowest BCUT2D eigenvalue weighted by Crippen LogP contribution is -2.33. The molecule has 1 atom stereocenters. The number of hydrogen-bond acceptors (Lipinski definition) is 5. The molecule has 7 nitrogen and oxygen atoms in total. The monoisotopic (exact) mass is 423 g/mol. The quantitative estimate of drug-likeness (QED) is 0.557. The highest BCUT2D eigenvalue weighted by Gasteiger charge is 2.26.